The Kier molecular flexibility index (Phi) is 3.93. The van der Waals surface area contributed by atoms with Crippen molar-refractivity contribution in [2.45, 2.75) is 6.42 Å². The number of aromatic nitrogens is 2. The molecule has 1 saturated heterocycles. The smallest absolute Gasteiger partial charge is 0.329 e. The van der Waals surface area contributed by atoms with Crippen molar-refractivity contribution in [3.05, 3.63) is 18.7 Å². The Morgan fingerprint density at radius 1 is 1.22 bits per heavy atom. The van der Waals surface area contributed by atoms with E-state index in [-0.39, 0.29) is 18.5 Å². The van der Waals surface area contributed by atoms with Crippen LogP contribution in [0.25, 0.3) is 0 Å². The summed E-state index contributed by atoms with van der Waals surface area (Å²) in [5.74, 6) is -0.329. The third-order valence-electron chi connectivity index (χ3n) is 2.96. The minimum atomic E-state index is -0.329. The van der Waals surface area contributed by atoms with Gasteiger partial charge in [0, 0.05) is 38.6 Å². The first-order valence-electron chi connectivity index (χ1n) is 5.94. The highest BCUT2D eigenvalue weighted by Gasteiger charge is 2.20. The number of carbonyl (C=O) groups excluding carboxylic acids is 2. The van der Waals surface area contributed by atoms with Crippen molar-refractivity contribution in [3.8, 4) is 0 Å². The molecule has 1 aromatic heterocycles. The number of carbonyl (C=O) groups is 2. The van der Waals surface area contributed by atoms with Crippen LogP contribution < -0.4 is 5.73 Å². The lowest BCUT2D eigenvalue weighted by Crippen LogP contribution is -2.39. The van der Waals surface area contributed by atoms with Crippen LogP contribution >= 0.6 is 0 Å². The van der Waals surface area contributed by atoms with E-state index in [1.165, 1.54) is 10.9 Å². The first kappa shape index (κ1) is 12.6. The SMILES string of the molecule is NC(=O)CN1CCCN(C(=O)n2ccnc2)CC1. The predicted molar refractivity (Wildman–Crippen MR) is 64.8 cm³/mol. The summed E-state index contributed by atoms with van der Waals surface area (Å²) >= 11 is 0. The Morgan fingerprint density at radius 2 is 2.06 bits per heavy atom. The van der Waals surface area contributed by atoms with Crippen molar-refractivity contribution >= 4 is 11.9 Å². The van der Waals surface area contributed by atoms with Gasteiger partial charge in [-0.05, 0) is 6.42 Å². The molecule has 0 radical (unpaired) electrons. The van der Waals surface area contributed by atoms with Crippen LogP contribution in [0, 0.1) is 0 Å². The van der Waals surface area contributed by atoms with E-state index in [0.717, 1.165) is 13.0 Å². The third-order valence-corrected chi connectivity index (χ3v) is 2.96. The quantitative estimate of drug-likeness (QED) is 0.756. The number of primary amides is 1. The van der Waals surface area contributed by atoms with Gasteiger partial charge in [0.2, 0.25) is 5.91 Å². The molecular formula is C11H17N5O2. The van der Waals surface area contributed by atoms with Crippen LogP contribution in [-0.2, 0) is 4.79 Å². The molecule has 7 nitrogen and oxygen atoms in total. The van der Waals surface area contributed by atoms with Crippen molar-refractivity contribution in [2.24, 2.45) is 5.73 Å². The monoisotopic (exact) mass is 251 g/mol. The molecule has 1 fully saturated rings. The molecular weight excluding hydrogens is 234 g/mol. The van der Waals surface area contributed by atoms with E-state index in [0.29, 0.717) is 19.6 Å². The van der Waals surface area contributed by atoms with Crippen LogP contribution in [0.4, 0.5) is 4.79 Å². The topological polar surface area (TPSA) is 84.5 Å². The maximum absolute atomic E-state index is 12.1. The molecule has 0 unspecified atom stereocenters. The van der Waals surface area contributed by atoms with Gasteiger partial charge in [-0.2, -0.15) is 0 Å². The fourth-order valence-corrected chi connectivity index (χ4v) is 2.08. The van der Waals surface area contributed by atoms with E-state index >= 15 is 0 Å². The van der Waals surface area contributed by atoms with Crippen molar-refractivity contribution in [1.82, 2.24) is 19.4 Å². The number of nitrogens with zero attached hydrogens (tertiary/aromatic N) is 4. The van der Waals surface area contributed by atoms with Gasteiger partial charge < -0.3 is 10.6 Å². The lowest BCUT2D eigenvalue weighted by atomic mass is 10.4. The van der Waals surface area contributed by atoms with Gasteiger partial charge in [-0.1, -0.05) is 0 Å². The summed E-state index contributed by atoms with van der Waals surface area (Å²) in [6, 6.07) is -0.0755. The van der Waals surface area contributed by atoms with E-state index in [4.69, 9.17) is 5.73 Å². The van der Waals surface area contributed by atoms with E-state index < -0.39 is 0 Å². The van der Waals surface area contributed by atoms with E-state index in [2.05, 4.69) is 4.98 Å². The zero-order valence-electron chi connectivity index (χ0n) is 10.2. The largest absolute Gasteiger partial charge is 0.369 e. The molecule has 0 atom stereocenters. The van der Waals surface area contributed by atoms with Gasteiger partial charge in [-0.15, -0.1) is 0 Å². The van der Waals surface area contributed by atoms with Crippen LogP contribution in [-0.4, -0.2) is 64.0 Å². The molecule has 2 heterocycles. The summed E-state index contributed by atoms with van der Waals surface area (Å²) in [5.41, 5.74) is 5.17. The van der Waals surface area contributed by atoms with Crippen LogP contribution in [0.3, 0.4) is 0 Å². The van der Waals surface area contributed by atoms with Gasteiger partial charge in [0.05, 0.1) is 6.54 Å². The molecule has 1 aliphatic heterocycles. The normalized spacial score (nSPS) is 17.4. The maximum atomic E-state index is 12.1. The van der Waals surface area contributed by atoms with Gasteiger partial charge in [-0.25, -0.2) is 9.78 Å². The number of nitrogens with two attached hydrogens (primary N) is 1. The number of hydrogen-bond donors (Lipinski definition) is 1. The Morgan fingerprint density at radius 3 is 2.72 bits per heavy atom. The van der Waals surface area contributed by atoms with Crippen molar-refractivity contribution in [1.29, 1.82) is 0 Å². The molecule has 1 aliphatic rings. The summed E-state index contributed by atoms with van der Waals surface area (Å²) in [7, 11) is 0. The van der Waals surface area contributed by atoms with Gasteiger partial charge in [0.25, 0.3) is 0 Å². The summed E-state index contributed by atoms with van der Waals surface area (Å²) < 4.78 is 1.46. The van der Waals surface area contributed by atoms with Crippen molar-refractivity contribution < 1.29 is 9.59 Å². The zero-order chi connectivity index (χ0) is 13.0. The van der Waals surface area contributed by atoms with Crippen molar-refractivity contribution in [3.63, 3.8) is 0 Å². The second kappa shape index (κ2) is 5.63. The van der Waals surface area contributed by atoms with E-state index in [1.54, 1.807) is 17.3 Å². The van der Waals surface area contributed by atoms with Gasteiger partial charge >= 0.3 is 6.03 Å². The molecule has 2 N–H and O–H groups in total. The molecule has 98 valence electrons. The Labute approximate surface area is 105 Å². The summed E-state index contributed by atoms with van der Waals surface area (Å²) in [6.45, 7) is 3.00. The van der Waals surface area contributed by atoms with Crippen LogP contribution in [0.5, 0.6) is 0 Å². The fourth-order valence-electron chi connectivity index (χ4n) is 2.08. The summed E-state index contributed by atoms with van der Waals surface area (Å²) in [6.07, 6.45) is 5.55. The molecule has 0 bridgehead atoms. The summed E-state index contributed by atoms with van der Waals surface area (Å²) in [4.78, 5) is 30.6. The van der Waals surface area contributed by atoms with Crippen LogP contribution in [0.1, 0.15) is 6.42 Å². The number of rotatable bonds is 2. The van der Waals surface area contributed by atoms with Crippen LogP contribution in [0.2, 0.25) is 0 Å². The minimum Gasteiger partial charge on any atom is -0.369 e. The Bertz CT molecular complexity index is 417. The van der Waals surface area contributed by atoms with Crippen LogP contribution in [0.15, 0.2) is 18.7 Å². The van der Waals surface area contributed by atoms with Crippen molar-refractivity contribution in [2.75, 3.05) is 32.7 Å². The average Bonchev–Trinajstić information content (AvgIpc) is 2.76. The Balaban J connectivity index is 1.93. The highest BCUT2D eigenvalue weighted by atomic mass is 16.2. The lowest BCUT2D eigenvalue weighted by Gasteiger charge is -2.21. The highest BCUT2D eigenvalue weighted by molar-refractivity contribution is 5.77. The predicted octanol–water partition coefficient (Wildman–Crippen LogP) is -0.656. The molecule has 2 rings (SSSR count). The highest BCUT2D eigenvalue weighted by Crippen LogP contribution is 2.05. The van der Waals surface area contributed by atoms with Gasteiger partial charge in [-0.3, -0.25) is 14.3 Å². The first-order valence-corrected chi connectivity index (χ1v) is 5.94. The molecule has 2 amide bonds. The second-order valence-electron chi connectivity index (χ2n) is 4.34. The van der Waals surface area contributed by atoms with E-state index in [1.807, 2.05) is 4.90 Å². The molecule has 0 aliphatic carbocycles. The average molecular weight is 251 g/mol. The second-order valence-corrected chi connectivity index (χ2v) is 4.34. The molecule has 7 heteroatoms. The zero-order valence-corrected chi connectivity index (χ0v) is 10.2. The van der Waals surface area contributed by atoms with Gasteiger partial charge in [0.15, 0.2) is 0 Å². The number of hydrogen-bond acceptors (Lipinski definition) is 4. The first-order chi connectivity index (χ1) is 8.66. The molecule has 0 spiro atoms. The third kappa shape index (κ3) is 3.07. The molecule has 0 aromatic carbocycles. The molecule has 0 saturated carbocycles. The maximum Gasteiger partial charge on any atom is 0.329 e. The summed E-state index contributed by atoms with van der Waals surface area (Å²) in [5, 5.41) is 0. The van der Waals surface area contributed by atoms with E-state index in [9.17, 15) is 9.59 Å². The Hall–Kier alpha value is -1.89. The number of amides is 2. The number of imidazole rings is 1. The minimum absolute atomic E-state index is 0.0755. The lowest BCUT2D eigenvalue weighted by molar-refractivity contribution is -0.119. The molecule has 1 aromatic rings. The fraction of sp³-hybridized carbons (Fsp3) is 0.545. The standard InChI is InChI=1S/C11H17N5O2/c12-10(17)8-14-3-1-4-15(7-6-14)11(18)16-5-2-13-9-16/h2,5,9H,1,3-4,6-8H2,(H2,12,17). The van der Waals surface area contributed by atoms with Gasteiger partial charge in [0.1, 0.15) is 6.33 Å². The molecule has 18 heavy (non-hydrogen) atoms.